The summed E-state index contributed by atoms with van der Waals surface area (Å²) < 4.78 is 39.6. The number of piperidine rings is 4. The Morgan fingerprint density at radius 2 is 0.742 bits per heavy atom. The Balaban J connectivity index is 0.000000268. The number of carbonyl (C=O) groups is 3. The molecule has 9 N–H and O–H groups in total. The summed E-state index contributed by atoms with van der Waals surface area (Å²) in [6, 6.07) is 85.9. The third kappa shape index (κ3) is 41.3. The molecule has 4 saturated heterocycles. The first kappa shape index (κ1) is 113. The van der Waals surface area contributed by atoms with Crippen LogP contribution in [0, 0.1) is 20.2 Å². The first-order valence-electron chi connectivity index (χ1n) is 43.1. The molecule has 0 radical (unpaired) electrons. The minimum atomic E-state index is -1.13. The zero-order valence-corrected chi connectivity index (χ0v) is 82.4. The van der Waals surface area contributed by atoms with Gasteiger partial charge < -0.3 is 80.3 Å². The van der Waals surface area contributed by atoms with Gasteiger partial charge in [0, 0.05) is 61.1 Å². The van der Waals surface area contributed by atoms with Crippen molar-refractivity contribution in [3.8, 4) is 23.0 Å². The van der Waals surface area contributed by atoms with Gasteiger partial charge in [0.25, 0.3) is 0 Å². The second-order valence-corrected chi connectivity index (χ2v) is 40.6. The Kier molecular flexibility index (Phi) is 50.9. The van der Waals surface area contributed by atoms with Crippen LogP contribution in [0.2, 0.25) is 10.8 Å². The van der Waals surface area contributed by atoms with Crippen molar-refractivity contribution in [2.75, 3.05) is 92.3 Å². The number of hydrogen-bond acceptors (Lipinski definition) is 22. The number of nitro groups is 2. The Bertz CT molecular complexity index is 4680. The number of carbonyl (C=O) groups excluding carboxylic acids is 3. The molecule has 0 saturated carbocycles. The first-order chi connectivity index (χ1) is 62.6. The maximum Gasteiger partial charge on any atom is -0.0134 e. The van der Waals surface area contributed by atoms with Gasteiger partial charge in [0.1, 0.15) is 28.3 Å². The van der Waals surface area contributed by atoms with E-state index in [9.17, 15) is 34.6 Å². The first-order valence-corrected chi connectivity index (χ1v) is 50.2. The van der Waals surface area contributed by atoms with E-state index in [0.29, 0.717) is 46.3 Å². The molecule has 10 aromatic rings. The number of benzene rings is 10. The molecule has 0 spiro atoms. The van der Waals surface area contributed by atoms with Crippen LogP contribution >= 0.6 is 46.5 Å². The summed E-state index contributed by atoms with van der Waals surface area (Å²) in [7, 11) is 13.7. The van der Waals surface area contributed by atoms with Crippen LogP contribution in [0.1, 0.15) is 156 Å². The van der Waals surface area contributed by atoms with Crippen LogP contribution in [0.15, 0.2) is 255 Å². The summed E-state index contributed by atoms with van der Waals surface area (Å²) in [5, 5.41) is 57.2. The molecule has 14 rings (SSSR count). The molecule has 0 bridgehead atoms. The smallest absolute Gasteiger partial charge is 0.0134 e. The van der Waals surface area contributed by atoms with Gasteiger partial charge in [-0.3, -0.25) is 20.2 Å². The zero-order valence-electron chi connectivity index (χ0n) is 76.8. The number of rotatable bonds is 16. The monoisotopic (exact) mass is 2000 g/mol. The van der Waals surface area contributed by atoms with E-state index in [1.165, 1.54) is 88.7 Å². The van der Waals surface area contributed by atoms with Crippen LogP contribution in [-0.4, -0.2) is 148 Å². The van der Waals surface area contributed by atoms with Crippen molar-refractivity contribution >= 4 is 127 Å². The van der Waals surface area contributed by atoms with E-state index in [4.69, 9.17) is 85.3 Å². The minimum absolute atomic E-state index is 0. The number of nitrogens with one attached hydrogen (secondary N) is 3. The second kappa shape index (κ2) is 59.6. The van der Waals surface area contributed by atoms with Crippen molar-refractivity contribution in [2.45, 2.75) is 161 Å². The van der Waals surface area contributed by atoms with E-state index in [0.717, 1.165) is 101 Å². The summed E-state index contributed by atoms with van der Waals surface area (Å²) in [4.78, 5) is 56.3. The van der Waals surface area contributed by atoms with Crippen LogP contribution in [-0.2, 0) is 34.9 Å². The van der Waals surface area contributed by atoms with Gasteiger partial charge in [0.05, 0.1) is 49.7 Å². The van der Waals surface area contributed by atoms with E-state index < -0.39 is 61.9 Å². The number of nitrogen functional groups attached to an aromatic ring is 2. The maximum absolute atomic E-state index is 12.2. The number of nitro benzene ring substituents is 2. The van der Waals surface area contributed by atoms with Gasteiger partial charge in [-0.25, -0.2) is 14.4 Å². The SMILES string of the molecule is C.CC(C)(C)OC(=O)OC(=O)OC(C)(C)C.COc1cc(C2CCCN(C(=O)OC(C)(C)C)C2)ccc1N.COc1cc(C2CCCNC2)ccc1N.COc1cc(C2CCCNC2)ccc1[N+](=O)[O-].COc1cc(Cl)ccc1[N+](=O)[O-].OB(O)C1CCCNC1.[Cl][Pd][Cl].c1ccc(P(c2ccccc2)c2ccccc2)cc1.c1ccc(P(c2ccccc2)c2ccccc2)cc1. The molecule has 4 aliphatic rings. The van der Waals surface area contributed by atoms with Crippen LogP contribution in [0.5, 0.6) is 23.0 Å². The van der Waals surface area contributed by atoms with Gasteiger partial charge in [0.15, 0.2) is 11.5 Å². The Labute approximate surface area is 803 Å². The fraction of sp³-hybridized carbons (Fsp3) is 0.370. The molecule has 10 aromatic carbocycles. The summed E-state index contributed by atoms with van der Waals surface area (Å²) in [5.74, 6) is 3.37. The molecular formula is C100H130BCl3N8O17P2Pd. The van der Waals surface area contributed by atoms with Gasteiger partial charge in [-0.15, -0.1) is 0 Å². The second-order valence-electron chi connectivity index (χ2n) is 33.4. The van der Waals surface area contributed by atoms with Gasteiger partial charge in [-0.2, -0.15) is 0 Å². The van der Waals surface area contributed by atoms with E-state index in [2.05, 4.69) is 215 Å². The normalized spacial score (nSPS) is 15.5. The molecule has 0 aliphatic carbocycles. The van der Waals surface area contributed by atoms with E-state index >= 15 is 0 Å². The number of halogens is 3. The molecule has 4 atom stereocenters. The average molecular weight is 2000 g/mol. The quantitative estimate of drug-likeness (QED) is 0.00690. The van der Waals surface area contributed by atoms with Crippen molar-refractivity contribution in [1.29, 1.82) is 0 Å². The molecule has 4 heterocycles. The topological polar surface area (TPSA) is 343 Å². The third-order valence-corrected chi connectivity index (χ3v) is 25.2. The molecule has 132 heavy (non-hydrogen) atoms. The van der Waals surface area contributed by atoms with Crippen molar-refractivity contribution in [3.63, 3.8) is 0 Å². The number of nitrogens with two attached hydrogens (primary N) is 2. The summed E-state index contributed by atoms with van der Waals surface area (Å²) in [6.45, 7) is 23.1. The summed E-state index contributed by atoms with van der Waals surface area (Å²) >= 11 is 5.49. The zero-order chi connectivity index (χ0) is 95.9. The molecule has 32 heteroatoms. The Morgan fingerprint density at radius 1 is 0.439 bits per heavy atom. The summed E-state index contributed by atoms with van der Waals surface area (Å²) in [5.41, 5.74) is 14.7. The van der Waals surface area contributed by atoms with Crippen LogP contribution in [0.3, 0.4) is 0 Å². The number of hydrogen-bond donors (Lipinski definition) is 7. The fourth-order valence-corrected chi connectivity index (χ4v) is 18.8. The van der Waals surface area contributed by atoms with Gasteiger partial charge in [-0.1, -0.05) is 219 Å². The predicted molar refractivity (Wildman–Crippen MR) is 537 cm³/mol. The third-order valence-electron chi connectivity index (χ3n) is 20.1. The predicted octanol–water partition coefficient (Wildman–Crippen LogP) is 20.5. The Morgan fingerprint density at radius 3 is 1.04 bits per heavy atom. The molecule has 716 valence electrons. The average Bonchev–Trinajstić information content (AvgIpc) is 0.824. The number of likely N-dealkylation sites (tertiary alicyclic amines) is 1. The molecule has 4 aliphatic heterocycles. The van der Waals surface area contributed by atoms with Gasteiger partial charge in [0.2, 0.25) is 0 Å². The molecule has 1 amide bonds. The molecule has 4 unspecified atom stereocenters. The minimum Gasteiger partial charge on any atom is -0.0622 e. The molecule has 4 fully saturated rings. The van der Waals surface area contributed by atoms with Crippen molar-refractivity contribution < 1.29 is 88.1 Å². The van der Waals surface area contributed by atoms with Crippen molar-refractivity contribution in [2.24, 2.45) is 0 Å². The number of anilines is 2. The number of nitrogens with zero attached hydrogens (tertiary/aromatic N) is 3. The van der Waals surface area contributed by atoms with Crippen molar-refractivity contribution in [3.05, 3.63) is 297 Å². The molecular weight excluding hydrogens is 1870 g/mol. The van der Waals surface area contributed by atoms with E-state index in [-0.39, 0.29) is 58.3 Å². The number of amides is 1. The van der Waals surface area contributed by atoms with E-state index in [1.54, 1.807) is 66.7 Å². The maximum atomic E-state index is 12.2. The largest absolute Gasteiger partial charge is 0.0622 e. The molecule has 0 aromatic heterocycles. The Hall–Kier alpha value is -9.93. The van der Waals surface area contributed by atoms with Crippen LogP contribution in [0.4, 0.5) is 37.1 Å². The molecule has 25 nitrogen and oxygen atoms in total. The number of methoxy groups -OCH3 is 4. The number of ether oxygens (including phenoxy) is 8. The van der Waals surface area contributed by atoms with Gasteiger partial charge >= 0.3 is 71.9 Å². The van der Waals surface area contributed by atoms with Crippen molar-refractivity contribution in [1.82, 2.24) is 20.9 Å². The van der Waals surface area contributed by atoms with Gasteiger partial charge in [-0.05, 0) is 252 Å². The summed E-state index contributed by atoms with van der Waals surface area (Å²) in [6.07, 6.45) is 6.42. The standard InChI is InChI=1S/2C18H15P.C17H26N2O3.C12H16N2O3.C12H18N2O.C10H18O5.C7H6ClNO3.C5H12BNO2.CH4.2ClH.Pd/c2*1-4-10-16(11-5-1)19(17-12-6-2-7-13-17)18-14-8-3-9-15-18;1-17(2,3)22-16(20)19-9-5-6-13(11-19)12-7-8-14(18)15(10-12)21-4;1-17-12-7-9(4-5-11(12)14(15)16)10-3-2-6-13-8-10;1-15-12-7-9(4-5-11(12)13)10-3-2-6-14-8-10;1-9(2,3)14-7(11)13-8(12)15-10(4,5)6;1-12-7-4-5(8)2-3-6(7)9(10)11;8-6(9)5-2-1-3-7-4-5;;;;/h2*1-15H;7-8,10,13H,5-6,9,11,18H2,1-4H3;4-5,7,10,13H,2-3,6,8H2,1H3;4-5,7,10,14H,2-3,6,8,13H2,1H3;1-6H3;2-4H,1H3;5,7-9H,1-4H2;1H4;2*1H;/q;;;;;;;;;;;+2/p-2. The van der Waals surface area contributed by atoms with Crippen LogP contribution in [0.25, 0.3) is 0 Å². The van der Waals surface area contributed by atoms with E-state index in [1.807, 2.05) is 51.1 Å². The fourth-order valence-electron chi connectivity index (χ4n) is 14.0. The van der Waals surface area contributed by atoms with Crippen LogP contribution < -0.4 is 78.2 Å².